The summed E-state index contributed by atoms with van der Waals surface area (Å²) in [6.45, 7) is 0. The average molecular weight is 261 g/mol. The molecule has 6 heteroatoms. The van der Waals surface area contributed by atoms with Crippen LogP contribution in [0, 0.1) is 0 Å². The Morgan fingerprint density at radius 3 is 2.94 bits per heavy atom. The van der Waals surface area contributed by atoms with Gasteiger partial charge in [-0.15, -0.1) is 0 Å². The number of rotatable bonds is 2. The van der Waals surface area contributed by atoms with Crippen LogP contribution in [0.15, 0.2) is 42.9 Å². The van der Waals surface area contributed by atoms with E-state index >= 15 is 0 Å². The maximum absolute atomic E-state index is 6.03. The molecule has 0 bridgehead atoms. The third-order valence-electron chi connectivity index (χ3n) is 2.41. The third kappa shape index (κ3) is 1.84. The number of anilines is 1. The molecule has 3 rings (SSSR count). The van der Waals surface area contributed by atoms with Crippen LogP contribution < -0.4 is 10.5 Å². The van der Waals surface area contributed by atoms with Crippen LogP contribution in [0.2, 0.25) is 5.02 Å². The molecule has 1 aromatic carbocycles. The molecule has 5 nitrogen and oxygen atoms in total. The summed E-state index contributed by atoms with van der Waals surface area (Å²) in [5.74, 6) is 1.19. The molecule has 0 amide bonds. The van der Waals surface area contributed by atoms with Crippen molar-refractivity contribution in [2.45, 2.75) is 0 Å². The van der Waals surface area contributed by atoms with Crippen LogP contribution in [-0.4, -0.2) is 14.4 Å². The van der Waals surface area contributed by atoms with Crippen molar-refractivity contribution in [1.82, 2.24) is 14.4 Å². The molecular formula is C12H9ClN4O. The first-order valence-electron chi connectivity index (χ1n) is 5.25. The lowest BCUT2D eigenvalue weighted by Crippen LogP contribution is -1.99. The van der Waals surface area contributed by atoms with Crippen molar-refractivity contribution in [3.05, 3.63) is 47.9 Å². The summed E-state index contributed by atoms with van der Waals surface area (Å²) >= 11 is 6.03. The van der Waals surface area contributed by atoms with E-state index in [1.807, 2.05) is 12.1 Å². The van der Waals surface area contributed by atoms with E-state index in [1.165, 1.54) is 0 Å². The number of para-hydroxylation sites is 1. The second-order valence-corrected chi connectivity index (χ2v) is 4.07. The van der Waals surface area contributed by atoms with Crippen LogP contribution in [0.1, 0.15) is 0 Å². The molecule has 0 aliphatic rings. The molecule has 3 aromatic rings. The number of hydrogen-bond acceptors (Lipinski definition) is 4. The second-order valence-electron chi connectivity index (χ2n) is 3.66. The highest BCUT2D eigenvalue weighted by Crippen LogP contribution is 2.29. The lowest BCUT2D eigenvalue weighted by atomic mass is 10.3. The molecule has 2 aromatic heterocycles. The van der Waals surface area contributed by atoms with Crippen LogP contribution in [0.25, 0.3) is 5.65 Å². The molecule has 0 unspecified atom stereocenters. The molecule has 0 aliphatic heterocycles. The summed E-state index contributed by atoms with van der Waals surface area (Å²) in [6, 6.07) is 7.15. The summed E-state index contributed by atoms with van der Waals surface area (Å²) in [4.78, 5) is 8.29. The number of imidazole rings is 1. The molecule has 2 heterocycles. The Labute approximate surface area is 108 Å². The number of ether oxygens (including phenoxy) is 1. The maximum atomic E-state index is 6.03. The number of nitrogens with two attached hydrogens (primary N) is 1. The molecule has 0 spiro atoms. The van der Waals surface area contributed by atoms with Crippen molar-refractivity contribution >= 4 is 23.1 Å². The second kappa shape index (κ2) is 4.19. The third-order valence-corrected chi connectivity index (χ3v) is 2.72. The monoisotopic (exact) mass is 260 g/mol. The quantitative estimate of drug-likeness (QED) is 0.769. The van der Waals surface area contributed by atoms with Gasteiger partial charge in [0.1, 0.15) is 11.6 Å². The van der Waals surface area contributed by atoms with Crippen LogP contribution in [0.3, 0.4) is 0 Å². The van der Waals surface area contributed by atoms with Gasteiger partial charge in [-0.05, 0) is 12.1 Å². The van der Waals surface area contributed by atoms with Gasteiger partial charge in [0, 0.05) is 12.4 Å². The lowest BCUT2D eigenvalue weighted by molar-refractivity contribution is 0.466. The van der Waals surface area contributed by atoms with E-state index in [0.29, 0.717) is 28.1 Å². The summed E-state index contributed by atoms with van der Waals surface area (Å²) < 4.78 is 7.40. The van der Waals surface area contributed by atoms with Gasteiger partial charge in [-0.2, -0.15) is 4.98 Å². The Morgan fingerprint density at radius 2 is 2.11 bits per heavy atom. The SMILES string of the molecule is Nc1cn2ccnc2c(Oc2ccccc2Cl)n1. The molecule has 0 saturated carbocycles. The predicted molar refractivity (Wildman–Crippen MR) is 68.9 cm³/mol. The first kappa shape index (κ1) is 10.9. The Kier molecular flexibility index (Phi) is 2.53. The zero-order valence-electron chi connectivity index (χ0n) is 9.25. The number of aromatic nitrogens is 3. The van der Waals surface area contributed by atoms with Crippen LogP contribution in [-0.2, 0) is 0 Å². The molecule has 18 heavy (non-hydrogen) atoms. The minimum atomic E-state index is 0.327. The van der Waals surface area contributed by atoms with E-state index < -0.39 is 0 Å². The largest absolute Gasteiger partial charge is 0.434 e. The van der Waals surface area contributed by atoms with Crippen LogP contribution >= 0.6 is 11.6 Å². The number of benzene rings is 1. The predicted octanol–water partition coefficient (Wildman–Crippen LogP) is 2.76. The van der Waals surface area contributed by atoms with Gasteiger partial charge in [-0.1, -0.05) is 23.7 Å². The summed E-state index contributed by atoms with van der Waals surface area (Å²) in [5, 5.41) is 0.506. The number of nitrogen functional groups attached to an aromatic ring is 1. The van der Waals surface area contributed by atoms with Crippen molar-refractivity contribution in [2.75, 3.05) is 5.73 Å². The molecule has 0 aliphatic carbocycles. The Hall–Kier alpha value is -2.27. The summed E-state index contributed by atoms with van der Waals surface area (Å²) in [5.41, 5.74) is 6.29. The van der Waals surface area contributed by atoms with Crippen molar-refractivity contribution in [3.8, 4) is 11.6 Å². The molecule has 90 valence electrons. The lowest BCUT2D eigenvalue weighted by Gasteiger charge is -2.08. The van der Waals surface area contributed by atoms with Gasteiger partial charge in [0.05, 0.1) is 11.2 Å². The van der Waals surface area contributed by atoms with Gasteiger partial charge >= 0.3 is 0 Å². The molecular weight excluding hydrogens is 252 g/mol. The smallest absolute Gasteiger partial charge is 0.265 e. The zero-order chi connectivity index (χ0) is 12.5. The first-order chi connectivity index (χ1) is 8.74. The Bertz CT molecular complexity index is 710. The topological polar surface area (TPSA) is 65.4 Å². The van der Waals surface area contributed by atoms with E-state index in [-0.39, 0.29) is 0 Å². The maximum Gasteiger partial charge on any atom is 0.265 e. The minimum Gasteiger partial charge on any atom is -0.434 e. The van der Waals surface area contributed by atoms with Crippen molar-refractivity contribution in [1.29, 1.82) is 0 Å². The zero-order valence-corrected chi connectivity index (χ0v) is 10.0. The number of halogens is 1. The van der Waals surface area contributed by atoms with Crippen LogP contribution in [0.5, 0.6) is 11.6 Å². The van der Waals surface area contributed by atoms with Gasteiger partial charge in [-0.25, -0.2) is 4.98 Å². The van der Waals surface area contributed by atoms with Gasteiger partial charge in [0.15, 0.2) is 0 Å². The molecule has 2 N–H and O–H groups in total. The Balaban J connectivity index is 2.10. The first-order valence-corrected chi connectivity index (χ1v) is 5.63. The van der Waals surface area contributed by atoms with Crippen molar-refractivity contribution in [3.63, 3.8) is 0 Å². The molecule has 0 atom stereocenters. The van der Waals surface area contributed by atoms with E-state index in [0.717, 1.165) is 0 Å². The number of fused-ring (bicyclic) bond motifs is 1. The van der Waals surface area contributed by atoms with Crippen molar-refractivity contribution in [2.24, 2.45) is 0 Å². The van der Waals surface area contributed by atoms with E-state index in [9.17, 15) is 0 Å². The highest BCUT2D eigenvalue weighted by Gasteiger charge is 2.10. The van der Waals surface area contributed by atoms with Gasteiger partial charge in [0.2, 0.25) is 5.65 Å². The van der Waals surface area contributed by atoms with E-state index in [2.05, 4.69) is 9.97 Å². The molecule has 0 fully saturated rings. The van der Waals surface area contributed by atoms with Crippen LogP contribution in [0.4, 0.5) is 5.82 Å². The fraction of sp³-hybridized carbons (Fsp3) is 0. The van der Waals surface area contributed by atoms with E-state index in [1.54, 1.807) is 35.1 Å². The highest BCUT2D eigenvalue weighted by molar-refractivity contribution is 6.32. The Morgan fingerprint density at radius 1 is 1.28 bits per heavy atom. The van der Waals surface area contributed by atoms with Gasteiger partial charge < -0.3 is 10.5 Å². The molecule has 0 saturated heterocycles. The number of nitrogens with zero attached hydrogens (tertiary/aromatic N) is 3. The highest BCUT2D eigenvalue weighted by atomic mass is 35.5. The van der Waals surface area contributed by atoms with Crippen molar-refractivity contribution < 1.29 is 4.74 Å². The summed E-state index contributed by atoms with van der Waals surface area (Å²) in [6.07, 6.45) is 5.09. The normalized spacial score (nSPS) is 10.7. The fourth-order valence-corrected chi connectivity index (χ4v) is 1.80. The minimum absolute atomic E-state index is 0.327. The molecule has 0 radical (unpaired) electrons. The summed E-state index contributed by atoms with van der Waals surface area (Å²) in [7, 11) is 0. The standard InChI is InChI=1S/C12H9ClN4O/c13-8-3-1-2-4-9(8)18-12-11-15-5-6-17(11)7-10(14)16-12/h1-7H,14H2. The number of hydrogen-bond donors (Lipinski definition) is 1. The van der Waals surface area contributed by atoms with Gasteiger partial charge in [-0.3, -0.25) is 4.40 Å². The average Bonchev–Trinajstić information content (AvgIpc) is 2.80. The fourth-order valence-electron chi connectivity index (χ4n) is 1.62. The van der Waals surface area contributed by atoms with E-state index in [4.69, 9.17) is 22.1 Å². The van der Waals surface area contributed by atoms with Gasteiger partial charge in [0.25, 0.3) is 5.88 Å².